The van der Waals surface area contributed by atoms with Crippen LogP contribution in [0.25, 0.3) is 0 Å². The molecule has 0 fully saturated rings. The van der Waals surface area contributed by atoms with Crippen LogP contribution < -0.4 is 0 Å². The highest BCUT2D eigenvalue weighted by molar-refractivity contribution is 9.09. The minimum absolute atomic E-state index is 0.355. The molecule has 0 aliphatic carbocycles. The van der Waals surface area contributed by atoms with Gasteiger partial charge in [0, 0.05) is 10.2 Å². The van der Waals surface area contributed by atoms with Gasteiger partial charge in [0.25, 0.3) is 0 Å². The Balaban J connectivity index is 2.60. The first kappa shape index (κ1) is 10.1. The van der Waals surface area contributed by atoms with Crippen LogP contribution in [0.1, 0.15) is 25.1 Å². The lowest BCUT2D eigenvalue weighted by atomic mass is 9.86. The lowest BCUT2D eigenvalue weighted by Crippen LogP contribution is -2.19. The van der Waals surface area contributed by atoms with Crippen LogP contribution in [0.3, 0.4) is 0 Å². The summed E-state index contributed by atoms with van der Waals surface area (Å²) in [5.41, 5.74) is 0.355. The maximum absolute atomic E-state index is 3.85. The molecule has 1 aromatic rings. The molecule has 4 heteroatoms. The predicted molar refractivity (Wildman–Crippen MR) is 55.8 cm³/mol. The first-order chi connectivity index (χ1) is 5.70. The van der Waals surface area contributed by atoms with E-state index in [1.807, 2.05) is 6.20 Å². The van der Waals surface area contributed by atoms with Crippen molar-refractivity contribution in [1.82, 2.24) is 9.59 Å². The molecule has 0 aromatic carbocycles. The van der Waals surface area contributed by atoms with Crippen molar-refractivity contribution in [1.29, 1.82) is 0 Å². The molecule has 68 valence electrons. The maximum atomic E-state index is 3.85. The van der Waals surface area contributed by atoms with Gasteiger partial charge in [-0.1, -0.05) is 34.3 Å². The van der Waals surface area contributed by atoms with E-state index >= 15 is 0 Å². The van der Waals surface area contributed by atoms with Gasteiger partial charge in [-0.15, -0.1) is 5.10 Å². The Kier molecular flexibility index (Phi) is 3.65. The van der Waals surface area contributed by atoms with Crippen molar-refractivity contribution < 1.29 is 0 Å². The lowest BCUT2D eigenvalue weighted by Gasteiger charge is -2.24. The summed E-state index contributed by atoms with van der Waals surface area (Å²) in [5, 5.41) is 4.86. The van der Waals surface area contributed by atoms with Gasteiger partial charge >= 0.3 is 0 Å². The van der Waals surface area contributed by atoms with Gasteiger partial charge in [0.05, 0.1) is 6.20 Å². The summed E-state index contributed by atoms with van der Waals surface area (Å²) < 4.78 is 3.85. The summed E-state index contributed by atoms with van der Waals surface area (Å²) in [4.78, 5) is 1.28. The molecule has 12 heavy (non-hydrogen) atoms. The largest absolute Gasteiger partial charge is 0.146 e. The van der Waals surface area contributed by atoms with Crippen LogP contribution in [0.5, 0.6) is 0 Å². The highest BCUT2D eigenvalue weighted by Gasteiger charge is 2.21. The fourth-order valence-corrected chi connectivity index (χ4v) is 2.25. The van der Waals surface area contributed by atoms with Crippen LogP contribution in [0, 0.1) is 5.41 Å². The average Bonchev–Trinajstić information content (AvgIpc) is 2.57. The van der Waals surface area contributed by atoms with Gasteiger partial charge in [0.15, 0.2) is 0 Å². The van der Waals surface area contributed by atoms with Crippen molar-refractivity contribution in [3.05, 3.63) is 11.1 Å². The zero-order valence-electron chi connectivity index (χ0n) is 7.38. The number of aromatic nitrogens is 2. The molecule has 1 unspecified atom stereocenters. The van der Waals surface area contributed by atoms with Gasteiger partial charge < -0.3 is 0 Å². The monoisotopic (exact) mass is 248 g/mol. The Labute approximate surface area is 85.7 Å². The molecular formula is C8H13BrN2S. The van der Waals surface area contributed by atoms with E-state index in [9.17, 15) is 0 Å². The van der Waals surface area contributed by atoms with E-state index in [4.69, 9.17) is 0 Å². The van der Waals surface area contributed by atoms with Gasteiger partial charge in [0.1, 0.15) is 0 Å². The van der Waals surface area contributed by atoms with Crippen molar-refractivity contribution in [3.63, 3.8) is 0 Å². The van der Waals surface area contributed by atoms with Crippen molar-refractivity contribution in [3.8, 4) is 0 Å². The Morgan fingerprint density at radius 1 is 1.67 bits per heavy atom. The second-order valence-electron chi connectivity index (χ2n) is 3.36. The van der Waals surface area contributed by atoms with Crippen molar-refractivity contribution in [2.24, 2.45) is 5.41 Å². The Hall–Kier alpha value is 0.0400. The highest BCUT2D eigenvalue weighted by atomic mass is 79.9. The SMILES string of the molecule is CCC(C)(CBr)Cc1cnns1. The molecule has 0 aliphatic heterocycles. The van der Waals surface area contributed by atoms with Crippen molar-refractivity contribution >= 4 is 27.5 Å². The van der Waals surface area contributed by atoms with E-state index < -0.39 is 0 Å². The Morgan fingerprint density at radius 2 is 2.42 bits per heavy atom. The zero-order chi connectivity index (χ0) is 9.03. The van der Waals surface area contributed by atoms with Gasteiger partial charge in [-0.25, -0.2) is 0 Å². The normalized spacial score (nSPS) is 15.9. The molecule has 0 spiro atoms. The Bertz CT molecular complexity index is 219. The van der Waals surface area contributed by atoms with Crippen LogP contribution in [-0.2, 0) is 6.42 Å². The smallest absolute Gasteiger partial charge is 0.0653 e. The molecule has 0 saturated heterocycles. The van der Waals surface area contributed by atoms with Gasteiger partial charge in [0.2, 0.25) is 0 Å². The molecule has 1 atom stereocenters. The molecule has 0 aliphatic rings. The van der Waals surface area contributed by atoms with Crippen LogP contribution in [0.4, 0.5) is 0 Å². The van der Waals surface area contributed by atoms with E-state index in [2.05, 4.69) is 39.4 Å². The summed E-state index contributed by atoms with van der Waals surface area (Å²) in [6.07, 6.45) is 4.11. The third kappa shape index (κ3) is 2.52. The highest BCUT2D eigenvalue weighted by Crippen LogP contribution is 2.29. The molecule has 0 saturated carbocycles. The second-order valence-corrected chi connectivity index (χ2v) is 4.79. The van der Waals surface area contributed by atoms with E-state index in [0.29, 0.717) is 5.41 Å². The number of rotatable bonds is 4. The molecule has 0 bridgehead atoms. The summed E-state index contributed by atoms with van der Waals surface area (Å²) in [5.74, 6) is 0. The van der Waals surface area contributed by atoms with Gasteiger partial charge in [-0.05, 0) is 29.8 Å². The van der Waals surface area contributed by atoms with Crippen LogP contribution >= 0.6 is 27.5 Å². The fourth-order valence-electron chi connectivity index (χ4n) is 0.953. The quantitative estimate of drug-likeness (QED) is 0.767. The van der Waals surface area contributed by atoms with Crippen LogP contribution in [0.15, 0.2) is 6.20 Å². The number of alkyl halides is 1. The molecule has 2 nitrogen and oxygen atoms in total. The fraction of sp³-hybridized carbons (Fsp3) is 0.750. The summed E-state index contributed by atoms with van der Waals surface area (Å²) in [6, 6.07) is 0. The van der Waals surface area contributed by atoms with E-state index in [1.54, 1.807) is 0 Å². The minimum atomic E-state index is 0.355. The molecule has 1 heterocycles. The van der Waals surface area contributed by atoms with E-state index in [0.717, 1.165) is 11.8 Å². The molecule has 0 radical (unpaired) electrons. The van der Waals surface area contributed by atoms with Crippen LogP contribution in [-0.4, -0.2) is 14.9 Å². The second kappa shape index (κ2) is 4.33. The third-order valence-electron chi connectivity index (χ3n) is 2.18. The van der Waals surface area contributed by atoms with Crippen molar-refractivity contribution in [2.75, 3.05) is 5.33 Å². The zero-order valence-corrected chi connectivity index (χ0v) is 9.78. The minimum Gasteiger partial charge on any atom is -0.146 e. The molecule has 0 N–H and O–H groups in total. The predicted octanol–water partition coefficient (Wildman–Crippen LogP) is 2.89. The Morgan fingerprint density at radius 3 is 2.83 bits per heavy atom. The first-order valence-corrected chi connectivity index (χ1v) is 5.92. The number of hydrogen-bond acceptors (Lipinski definition) is 3. The molecule has 0 amide bonds. The standard InChI is InChI=1S/C8H13BrN2S/c1-3-8(2,6-9)4-7-5-10-11-12-7/h5H,3-4,6H2,1-2H3. The molecule has 1 aromatic heterocycles. The summed E-state index contributed by atoms with van der Waals surface area (Å²) in [6.45, 7) is 4.50. The first-order valence-electron chi connectivity index (χ1n) is 4.02. The van der Waals surface area contributed by atoms with E-state index in [-0.39, 0.29) is 0 Å². The van der Waals surface area contributed by atoms with E-state index in [1.165, 1.54) is 22.8 Å². The van der Waals surface area contributed by atoms with Crippen LogP contribution in [0.2, 0.25) is 0 Å². The lowest BCUT2D eigenvalue weighted by molar-refractivity contribution is 0.364. The van der Waals surface area contributed by atoms with Gasteiger partial charge in [-0.2, -0.15) is 0 Å². The third-order valence-corrected chi connectivity index (χ3v) is 4.20. The summed E-state index contributed by atoms with van der Waals surface area (Å²) in [7, 11) is 0. The van der Waals surface area contributed by atoms with Gasteiger partial charge in [-0.3, -0.25) is 0 Å². The number of hydrogen-bond donors (Lipinski definition) is 0. The number of nitrogens with zero attached hydrogens (tertiary/aromatic N) is 2. The number of halogens is 1. The summed E-state index contributed by atoms with van der Waals surface area (Å²) >= 11 is 5.04. The average molecular weight is 249 g/mol. The maximum Gasteiger partial charge on any atom is 0.0653 e. The molecular weight excluding hydrogens is 236 g/mol. The van der Waals surface area contributed by atoms with Crippen molar-refractivity contribution in [2.45, 2.75) is 26.7 Å². The topological polar surface area (TPSA) is 25.8 Å². The molecule has 1 rings (SSSR count).